The number of hydrogen-bond donors (Lipinski definition) is 0. The topological polar surface area (TPSA) is 12.4 Å². The van der Waals surface area contributed by atoms with Crippen LogP contribution in [0.4, 0.5) is 0 Å². The van der Waals surface area contributed by atoms with E-state index in [1.807, 2.05) is 6.07 Å². The van der Waals surface area contributed by atoms with E-state index in [0.717, 1.165) is 5.71 Å². The molecule has 0 unspecified atom stereocenters. The first kappa shape index (κ1) is 10.3. The van der Waals surface area contributed by atoms with Crippen molar-refractivity contribution >= 4 is 5.71 Å². The highest BCUT2D eigenvalue weighted by atomic mass is 14.9. The molecule has 0 saturated heterocycles. The molecular formula is C16H15N. The van der Waals surface area contributed by atoms with Crippen LogP contribution in [0.2, 0.25) is 0 Å². The Balaban J connectivity index is 2.21. The number of hydrogen-bond acceptors (Lipinski definition) is 1. The molecule has 0 amide bonds. The monoisotopic (exact) mass is 221 g/mol. The van der Waals surface area contributed by atoms with E-state index in [-0.39, 0.29) is 5.54 Å². The van der Waals surface area contributed by atoms with Gasteiger partial charge in [0.2, 0.25) is 0 Å². The summed E-state index contributed by atoms with van der Waals surface area (Å²) in [5.74, 6) is 0. The maximum Gasteiger partial charge on any atom is 0.0814 e. The smallest absolute Gasteiger partial charge is 0.0814 e. The second-order valence-electron chi connectivity index (χ2n) is 4.93. The van der Waals surface area contributed by atoms with Gasteiger partial charge in [0.15, 0.2) is 0 Å². The number of nitrogens with zero attached hydrogens (tertiary/aromatic N) is 1. The third kappa shape index (κ3) is 1.59. The Bertz CT molecular complexity index is 579. The van der Waals surface area contributed by atoms with Crippen LogP contribution in [0, 0.1) is 0 Å². The molecule has 1 heteroatoms. The molecular weight excluding hydrogens is 206 g/mol. The van der Waals surface area contributed by atoms with Crippen LogP contribution in [0.3, 0.4) is 0 Å². The highest BCUT2D eigenvalue weighted by Gasteiger charge is 2.31. The first-order valence-electron chi connectivity index (χ1n) is 5.94. The Labute approximate surface area is 102 Å². The fourth-order valence-electron chi connectivity index (χ4n) is 2.44. The highest BCUT2D eigenvalue weighted by molar-refractivity contribution is 6.15. The van der Waals surface area contributed by atoms with Gasteiger partial charge in [0.25, 0.3) is 0 Å². The molecule has 1 aliphatic heterocycles. The van der Waals surface area contributed by atoms with Crippen molar-refractivity contribution in [3.05, 3.63) is 71.3 Å². The first-order valence-corrected chi connectivity index (χ1v) is 5.94. The van der Waals surface area contributed by atoms with Crippen LogP contribution in [0.25, 0.3) is 0 Å². The molecule has 0 aliphatic carbocycles. The lowest BCUT2D eigenvalue weighted by molar-refractivity contribution is 0.572. The predicted octanol–water partition coefficient (Wildman–Crippen LogP) is 3.77. The van der Waals surface area contributed by atoms with Crippen LogP contribution >= 0.6 is 0 Å². The summed E-state index contributed by atoms with van der Waals surface area (Å²) in [6.45, 7) is 4.34. The summed E-state index contributed by atoms with van der Waals surface area (Å²) in [5.41, 5.74) is 4.79. The lowest BCUT2D eigenvalue weighted by atomic mass is 9.92. The van der Waals surface area contributed by atoms with Crippen molar-refractivity contribution in [1.29, 1.82) is 0 Å². The summed E-state index contributed by atoms with van der Waals surface area (Å²) in [4.78, 5) is 4.88. The SMILES string of the molecule is CC1(C)N=C(c2ccccc2)c2ccccc21. The largest absolute Gasteiger partial charge is 0.273 e. The van der Waals surface area contributed by atoms with Gasteiger partial charge in [0, 0.05) is 11.1 Å². The maximum atomic E-state index is 4.88. The van der Waals surface area contributed by atoms with Crippen LogP contribution in [-0.2, 0) is 5.54 Å². The summed E-state index contributed by atoms with van der Waals surface area (Å²) >= 11 is 0. The van der Waals surface area contributed by atoms with Crippen molar-refractivity contribution < 1.29 is 0 Å². The molecule has 0 N–H and O–H groups in total. The zero-order valence-electron chi connectivity index (χ0n) is 10.1. The van der Waals surface area contributed by atoms with Crippen molar-refractivity contribution in [3.63, 3.8) is 0 Å². The molecule has 1 nitrogen and oxygen atoms in total. The molecule has 0 fully saturated rings. The average molecular weight is 221 g/mol. The van der Waals surface area contributed by atoms with E-state index < -0.39 is 0 Å². The number of aliphatic imine (C=N–C) groups is 1. The van der Waals surface area contributed by atoms with Gasteiger partial charge < -0.3 is 0 Å². The Morgan fingerprint density at radius 2 is 1.47 bits per heavy atom. The van der Waals surface area contributed by atoms with Crippen LogP contribution in [0.5, 0.6) is 0 Å². The van der Waals surface area contributed by atoms with Gasteiger partial charge in [-0.3, -0.25) is 4.99 Å². The Morgan fingerprint density at radius 3 is 2.24 bits per heavy atom. The summed E-state index contributed by atoms with van der Waals surface area (Å²) in [6, 6.07) is 18.9. The fraction of sp³-hybridized carbons (Fsp3) is 0.188. The van der Waals surface area contributed by atoms with Crippen molar-refractivity contribution in [2.45, 2.75) is 19.4 Å². The number of benzene rings is 2. The standard InChI is InChI=1S/C16H15N/c1-16(2)14-11-7-6-10-13(14)15(17-16)12-8-4-3-5-9-12/h3-11H,1-2H3. The Kier molecular flexibility index (Phi) is 2.15. The van der Waals surface area contributed by atoms with E-state index in [4.69, 9.17) is 4.99 Å². The number of fused-ring (bicyclic) bond motifs is 1. The molecule has 2 aromatic rings. The van der Waals surface area contributed by atoms with Crippen LogP contribution in [0.15, 0.2) is 59.6 Å². The molecule has 1 aliphatic rings. The van der Waals surface area contributed by atoms with E-state index in [1.165, 1.54) is 16.7 Å². The van der Waals surface area contributed by atoms with Gasteiger partial charge in [-0.15, -0.1) is 0 Å². The van der Waals surface area contributed by atoms with E-state index in [1.54, 1.807) is 0 Å². The van der Waals surface area contributed by atoms with Crippen molar-refractivity contribution in [2.75, 3.05) is 0 Å². The van der Waals surface area contributed by atoms with Gasteiger partial charge in [0.05, 0.1) is 11.3 Å². The maximum absolute atomic E-state index is 4.88. The zero-order valence-corrected chi connectivity index (χ0v) is 10.1. The molecule has 17 heavy (non-hydrogen) atoms. The van der Waals surface area contributed by atoms with E-state index in [9.17, 15) is 0 Å². The summed E-state index contributed by atoms with van der Waals surface area (Å²) < 4.78 is 0. The minimum atomic E-state index is -0.109. The van der Waals surface area contributed by atoms with Crippen molar-refractivity contribution in [1.82, 2.24) is 0 Å². The van der Waals surface area contributed by atoms with Gasteiger partial charge >= 0.3 is 0 Å². The molecule has 2 aromatic carbocycles. The minimum absolute atomic E-state index is 0.109. The van der Waals surface area contributed by atoms with Crippen LogP contribution in [-0.4, -0.2) is 5.71 Å². The van der Waals surface area contributed by atoms with E-state index >= 15 is 0 Å². The number of rotatable bonds is 1. The second kappa shape index (κ2) is 3.56. The van der Waals surface area contributed by atoms with Crippen molar-refractivity contribution in [2.24, 2.45) is 4.99 Å². The minimum Gasteiger partial charge on any atom is -0.273 e. The summed E-state index contributed by atoms with van der Waals surface area (Å²) in [5, 5.41) is 0. The molecule has 0 bridgehead atoms. The third-order valence-electron chi connectivity index (χ3n) is 3.28. The molecule has 0 atom stereocenters. The van der Waals surface area contributed by atoms with E-state index in [0.29, 0.717) is 0 Å². The van der Waals surface area contributed by atoms with Crippen LogP contribution < -0.4 is 0 Å². The molecule has 1 heterocycles. The Morgan fingerprint density at radius 1 is 0.824 bits per heavy atom. The summed E-state index contributed by atoms with van der Waals surface area (Å²) in [6.07, 6.45) is 0. The van der Waals surface area contributed by atoms with Gasteiger partial charge in [-0.2, -0.15) is 0 Å². The van der Waals surface area contributed by atoms with Crippen molar-refractivity contribution in [3.8, 4) is 0 Å². The van der Waals surface area contributed by atoms with Gasteiger partial charge in [-0.1, -0.05) is 54.6 Å². The van der Waals surface area contributed by atoms with Gasteiger partial charge in [-0.05, 0) is 19.4 Å². The molecule has 3 rings (SSSR count). The quantitative estimate of drug-likeness (QED) is 0.695. The highest BCUT2D eigenvalue weighted by Crippen LogP contribution is 2.36. The first-order chi connectivity index (χ1) is 8.18. The summed E-state index contributed by atoms with van der Waals surface area (Å²) in [7, 11) is 0. The lowest BCUT2D eigenvalue weighted by Crippen LogP contribution is -2.09. The molecule has 0 saturated carbocycles. The van der Waals surface area contributed by atoms with Gasteiger partial charge in [0.1, 0.15) is 0 Å². The van der Waals surface area contributed by atoms with Crippen LogP contribution in [0.1, 0.15) is 30.5 Å². The lowest BCUT2D eigenvalue weighted by Gasteiger charge is -2.15. The average Bonchev–Trinajstić information content (AvgIpc) is 2.64. The normalized spacial score (nSPS) is 16.5. The molecule has 84 valence electrons. The fourth-order valence-corrected chi connectivity index (χ4v) is 2.44. The van der Waals surface area contributed by atoms with Gasteiger partial charge in [-0.25, -0.2) is 0 Å². The third-order valence-corrected chi connectivity index (χ3v) is 3.28. The molecule has 0 radical (unpaired) electrons. The predicted molar refractivity (Wildman–Crippen MR) is 71.5 cm³/mol. The molecule has 0 aromatic heterocycles. The Hall–Kier alpha value is -1.89. The van der Waals surface area contributed by atoms with E-state index in [2.05, 4.69) is 62.4 Å². The molecule has 0 spiro atoms. The zero-order chi connectivity index (χ0) is 11.9. The second-order valence-corrected chi connectivity index (χ2v) is 4.93.